The van der Waals surface area contributed by atoms with Crippen molar-refractivity contribution in [1.29, 1.82) is 0 Å². The Morgan fingerprint density at radius 3 is 2.67 bits per heavy atom. The Balaban J connectivity index is 2.07. The summed E-state index contributed by atoms with van der Waals surface area (Å²) in [7, 11) is 1.54. The van der Waals surface area contributed by atoms with E-state index in [-0.39, 0.29) is 5.78 Å². The van der Waals surface area contributed by atoms with Crippen molar-refractivity contribution in [2.75, 3.05) is 7.11 Å². The second-order valence-electron chi connectivity index (χ2n) is 4.45. The van der Waals surface area contributed by atoms with E-state index in [1.54, 1.807) is 18.2 Å². The largest absolute Gasteiger partial charge is 0.495 e. The van der Waals surface area contributed by atoms with Gasteiger partial charge in [-0.1, -0.05) is 47.1 Å². The Labute approximate surface area is 136 Å². The average Bonchev–Trinajstić information content (AvgIpc) is 2.76. The normalized spacial score (nSPS) is 15.4. The third-order valence-electron chi connectivity index (χ3n) is 3.10. The zero-order valence-electron chi connectivity index (χ0n) is 11.0. The monoisotopic (exact) mass is 336 g/mol. The van der Waals surface area contributed by atoms with E-state index in [2.05, 4.69) is 0 Å². The molecule has 1 aliphatic rings. The number of ether oxygens (including phenoxy) is 1. The van der Waals surface area contributed by atoms with Gasteiger partial charge in [-0.3, -0.25) is 4.79 Å². The van der Waals surface area contributed by atoms with E-state index in [9.17, 15) is 4.79 Å². The van der Waals surface area contributed by atoms with Crippen molar-refractivity contribution in [3.05, 3.63) is 62.5 Å². The van der Waals surface area contributed by atoms with Gasteiger partial charge in [-0.25, -0.2) is 0 Å². The van der Waals surface area contributed by atoms with Gasteiger partial charge in [0.2, 0.25) is 5.78 Å². The molecule has 0 aromatic heterocycles. The van der Waals surface area contributed by atoms with Gasteiger partial charge in [-0.15, -0.1) is 0 Å². The number of thioether (sulfide) groups is 1. The molecule has 0 bridgehead atoms. The lowest BCUT2D eigenvalue weighted by Crippen LogP contribution is -1.95. The fourth-order valence-electron chi connectivity index (χ4n) is 2.18. The summed E-state index contributed by atoms with van der Waals surface area (Å²) < 4.78 is 5.30. The third kappa shape index (κ3) is 2.69. The molecule has 0 unspecified atom stereocenters. The van der Waals surface area contributed by atoms with Crippen molar-refractivity contribution in [2.45, 2.75) is 4.90 Å². The number of hydrogen-bond donors (Lipinski definition) is 0. The first-order valence-electron chi connectivity index (χ1n) is 6.16. The number of ketones is 1. The summed E-state index contributed by atoms with van der Waals surface area (Å²) in [6.45, 7) is 0. The SMILES string of the molecule is COc1c(Cl)cc(Cl)cc1/C=C1/Sc2ccccc2C1=O. The predicted octanol–water partition coefficient (Wildman–Crippen LogP) is 5.33. The summed E-state index contributed by atoms with van der Waals surface area (Å²) >= 11 is 13.6. The highest BCUT2D eigenvalue weighted by atomic mass is 35.5. The Morgan fingerprint density at radius 2 is 1.95 bits per heavy atom. The number of Topliss-reactive ketones (excluding diaryl/α,β-unsaturated/α-hetero) is 1. The average molecular weight is 337 g/mol. The molecule has 0 fully saturated rings. The van der Waals surface area contributed by atoms with Crippen LogP contribution in [0, 0.1) is 0 Å². The highest BCUT2D eigenvalue weighted by Gasteiger charge is 2.25. The summed E-state index contributed by atoms with van der Waals surface area (Å²) in [4.78, 5) is 14.0. The molecule has 2 aromatic rings. The smallest absolute Gasteiger partial charge is 0.200 e. The molecule has 106 valence electrons. The van der Waals surface area contributed by atoms with Crippen LogP contribution in [0.4, 0.5) is 0 Å². The molecule has 0 amide bonds. The van der Waals surface area contributed by atoms with E-state index < -0.39 is 0 Å². The van der Waals surface area contributed by atoms with Gasteiger partial charge in [-0.05, 0) is 30.3 Å². The number of carbonyl (C=O) groups excluding carboxylic acids is 1. The third-order valence-corrected chi connectivity index (χ3v) is 4.70. The first-order valence-corrected chi connectivity index (χ1v) is 7.73. The quantitative estimate of drug-likeness (QED) is 0.693. The molecule has 0 saturated heterocycles. The zero-order chi connectivity index (χ0) is 15.0. The second-order valence-corrected chi connectivity index (χ2v) is 6.37. The number of hydrogen-bond acceptors (Lipinski definition) is 3. The minimum absolute atomic E-state index is 0.00810. The zero-order valence-corrected chi connectivity index (χ0v) is 13.4. The van der Waals surface area contributed by atoms with E-state index in [0.29, 0.717) is 26.3 Å². The Morgan fingerprint density at radius 1 is 1.19 bits per heavy atom. The lowest BCUT2D eigenvalue weighted by molar-refractivity contribution is 0.104. The maximum Gasteiger partial charge on any atom is 0.200 e. The van der Waals surface area contributed by atoms with Gasteiger partial charge in [0, 0.05) is 21.0 Å². The van der Waals surface area contributed by atoms with E-state index in [0.717, 1.165) is 10.5 Å². The van der Waals surface area contributed by atoms with Crippen molar-refractivity contribution in [3.63, 3.8) is 0 Å². The molecule has 0 spiro atoms. The Bertz CT molecular complexity index is 769. The maximum atomic E-state index is 12.4. The van der Waals surface area contributed by atoms with Crippen LogP contribution in [0.25, 0.3) is 6.08 Å². The van der Waals surface area contributed by atoms with E-state index in [1.807, 2.05) is 24.3 Å². The maximum absolute atomic E-state index is 12.4. The Hall–Kier alpha value is -1.42. The molecule has 0 N–H and O–H groups in total. The van der Waals surface area contributed by atoms with Crippen molar-refractivity contribution in [3.8, 4) is 5.75 Å². The summed E-state index contributed by atoms with van der Waals surface area (Å²) in [5.41, 5.74) is 1.42. The molecule has 5 heteroatoms. The number of benzene rings is 2. The molecule has 0 saturated carbocycles. The van der Waals surface area contributed by atoms with Crippen LogP contribution in [0.3, 0.4) is 0 Å². The van der Waals surface area contributed by atoms with Crippen molar-refractivity contribution in [1.82, 2.24) is 0 Å². The van der Waals surface area contributed by atoms with Crippen LogP contribution < -0.4 is 4.74 Å². The molecular weight excluding hydrogens is 327 g/mol. The minimum atomic E-state index is 0.00810. The van der Waals surface area contributed by atoms with E-state index in [1.165, 1.54) is 18.9 Å². The predicted molar refractivity (Wildman–Crippen MR) is 87.6 cm³/mol. The molecule has 0 aliphatic carbocycles. The van der Waals surface area contributed by atoms with E-state index in [4.69, 9.17) is 27.9 Å². The first-order chi connectivity index (χ1) is 10.1. The number of rotatable bonds is 2. The van der Waals surface area contributed by atoms with Crippen molar-refractivity contribution >= 4 is 46.8 Å². The molecule has 0 radical (unpaired) electrons. The first kappa shape index (κ1) is 14.5. The van der Waals surface area contributed by atoms with Crippen LogP contribution in [0.2, 0.25) is 10.0 Å². The van der Waals surface area contributed by atoms with E-state index >= 15 is 0 Å². The molecule has 1 heterocycles. The number of carbonyl (C=O) groups is 1. The molecule has 0 atom stereocenters. The van der Waals surface area contributed by atoms with Crippen molar-refractivity contribution in [2.24, 2.45) is 0 Å². The van der Waals surface area contributed by atoms with Crippen LogP contribution in [-0.4, -0.2) is 12.9 Å². The summed E-state index contributed by atoms with van der Waals surface area (Å²) in [5.74, 6) is 0.520. The fourth-order valence-corrected chi connectivity index (χ4v) is 3.81. The summed E-state index contributed by atoms with van der Waals surface area (Å²) in [6, 6.07) is 10.9. The van der Waals surface area contributed by atoms with Crippen LogP contribution in [0.5, 0.6) is 5.75 Å². The lowest BCUT2D eigenvalue weighted by Gasteiger charge is -2.08. The fraction of sp³-hybridized carbons (Fsp3) is 0.0625. The van der Waals surface area contributed by atoms with Gasteiger partial charge in [0.1, 0.15) is 5.75 Å². The van der Waals surface area contributed by atoms with Crippen molar-refractivity contribution < 1.29 is 9.53 Å². The highest BCUT2D eigenvalue weighted by Crippen LogP contribution is 2.42. The van der Waals surface area contributed by atoms with Gasteiger partial charge >= 0.3 is 0 Å². The highest BCUT2D eigenvalue weighted by molar-refractivity contribution is 8.04. The molecule has 3 rings (SSSR count). The van der Waals surface area contributed by atoms with Gasteiger partial charge in [0.15, 0.2) is 0 Å². The van der Waals surface area contributed by atoms with Gasteiger partial charge < -0.3 is 4.74 Å². The molecule has 1 aliphatic heterocycles. The van der Waals surface area contributed by atoms with Crippen LogP contribution in [-0.2, 0) is 0 Å². The molecule has 21 heavy (non-hydrogen) atoms. The number of methoxy groups -OCH3 is 1. The topological polar surface area (TPSA) is 26.3 Å². The minimum Gasteiger partial charge on any atom is -0.495 e. The number of halogens is 2. The summed E-state index contributed by atoms with van der Waals surface area (Å²) in [6.07, 6.45) is 1.77. The van der Waals surface area contributed by atoms with Gasteiger partial charge in [-0.2, -0.15) is 0 Å². The molecular formula is C16H10Cl2O2S. The van der Waals surface area contributed by atoms with Crippen LogP contribution in [0.15, 0.2) is 46.2 Å². The lowest BCUT2D eigenvalue weighted by atomic mass is 10.1. The summed E-state index contributed by atoms with van der Waals surface area (Å²) in [5, 5.41) is 0.922. The Kier molecular flexibility index (Phi) is 3.98. The van der Waals surface area contributed by atoms with Crippen LogP contribution >= 0.6 is 35.0 Å². The molecule has 2 aromatic carbocycles. The second kappa shape index (κ2) is 5.76. The number of fused-ring (bicyclic) bond motifs is 1. The number of allylic oxidation sites excluding steroid dienone is 1. The molecule has 2 nitrogen and oxygen atoms in total. The van der Waals surface area contributed by atoms with Gasteiger partial charge in [0.25, 0.3) is 0 Å². The van der Waals surface area contributed by atoms with Gasteiger partial charge in [0.05, 0.1) is 17.0 Å². The van der Waals surface area contributed by atoms with Crippen LogP contribution in [0.1, 0.15) is 15.9 Å². The standard InChI is InChI=1S/C16H10Cl2O2S/c1-20-16-9(6-10(17)8-12(16)18)7-14-15(19)11-4-2-3-5-13(11)21-14/h2-8H,1H3/b14-7+.